The Labute approximate surface area is 100 Å². The van der Waals surface area contributed by atoms with Gasteiger partial charge in [-0.1, -0.05) is 18.2 Å². The Hall–Kier alpha value is -1.35. The molecule has 0 saturated heterocycles. The molecule has 84 valence electrons. The normalized spacial score (nSPS) is 12.4. The van der Waals surface area contributed by atoms with Crippen LogP contribution in [0.1, 0.15) is 29.2 Å². The van der Waals surface area contributed by atoms with Gasteiger partial charge in [0.05, 0.1) is 16.7 Å². The smallest absolute Gasteiger partial charge is 0.0898 e. The summed E-state index contributed by atoms with van der Waals surface area (Å²) < 4.78 is 0. The van der Waals surface area contributed by atoms with E-state index in [1.54, 1.807) is 11.3 Å². The van der Waals surface area contributed by atoms with Crippen molar-refractivity contribution in [1.29, 1.82) is 0 Å². The third-order valence-electron chi connectivity index (χ3n) is 2.60. The number of nitrogens with zero attached hydrogens (tertiary/aromatic N) is 1. The number of aryl methyl sites for hydroxylation is 2. The van der Waals surface area contributed by atoms with Crippen molar-refractivity contribution in [3.05, 3.63) is 45.9 Å². The fourth-order valence-electron chi connectivity index (χ4n) is 1.62. The minimum Gasteiger partial charge on any atom is -0.377 e. The molecular formula is C13H16N2S. The monoisotopic (exact) mass is 232 g/mol. The quantitative estimate of drug-likeness (QED) is 0.867. The summed E-state index contributed by atoms with van der Waals surface area (Å²) in [5, 5.41) is 6.72. The average Bonchev–Trinajstić information content (AvgIpc) is 2.68. The van der Waals surface area contributed by atoms with E-state index in [4.69, 9.17) is 0 Å². The maximum absolute atomic E-state index is 4.49. The molecule has 0 bridgehead atoms. The van der Waals surface area contributed by atoms with E-state index < -0.39 is 0 Å². The van der Waals surface area contributed by atoms with Crippen LogP contribution in [0.15, 0.2) is 29.6 Å². The second kappa shape index (κ2) is 4.66. The highest BCUT2D eigenvalue weighted by Crippen LogP contribution is 2.22. The van der Waals surface area contributed by atoms with Crippen molar-refractivity contribution in [2.24, 2.45) is 0 Å². The maximum atomic E-state index is 4.49. The third-order valence-corrected chi connectivity index (χ3v) is 3.39. The highest BCUT2D eigenvalue weighted by atomic mass is 32.1. The Morgan fingerprint density at radius 3 is 2.62 bits per heavy atom. The minimum atomic E-state index is 0.256. The Kier molecular flexibility index (Phi) is 3.25. The Balaban J connectivity index is 2.13. The van der Waals surface area contributed by atoms with Crippen molar-refractivity contribution in [1.82, 2.24) is 4.98 Å². The largest absolute Gasteiger partial charge is 0.377 e. The molecule has 1 heterocycles. The second-order valence-electron chi connectivity index (χ2n) is 3.97. The SMILES string of the molecule is Cc1nc(C(C)Nc2ccccc2C)cs1. The summed E-state index contributed by atoms with van der Waals surface area (Å²) in [6.07, 6.45) is 0. The lowest BCUT2D eigenvalue weighted by Crippen LogP contribution is -2.07. The molecule has 0 aliphatic rings. The van der Waals surface area contributed by atoms with Crippen molar-refractivity contribution in [2.75, 3.05) is 5.32 Å². The zero-order chi connectivity index (χ0) is 11.5. The predicted molar refractivity (Wildman–Crippen MR) is 70.1 cm³/mol. The Bertz CT molecular complexity index is 476. The van der Waals surface area contributed by atoms with Crippen LogP contribution in [-0.4, -0.2) is 4.98 Å². The number of thiazole rings is 1. The number of anilines is 1. The summed E-state index contributed by atoms with van der Waals surface area (Å²) in [6, 6.07) is 8.57. The van der Waals surface area contributed by atoms with Crippen LogP contribution in [0, 0.1) is 13.8 Å². The van der Waals surface area contributed by atoms with Gasteiger partial charge in [-0.3, -0.25) is 0 Å². The van der Waals surface area contributed by atoms with E-state index in [1.807, 2.05) is 13.0 Å². The third kappa shape index (κ3) is 2.42. The number of rotatable bonds is 3. The number of hydrogen-bond acceptors (Lipinski definition) is 3. The van der Waals surface area contributed by atoms with Gasteiger partial charge in [0.25, 0.3) is 0 Å². The van der Waals surface area contributed by atoms with Crippen LogP contribution < -0.4 is 5.32 Å². The predicted octanol–water partition coefficient (Wildman–Crippen LogP) is 3.93. The summed E-state index contributed by atoms with van der Waals surface area (Å²) in [7, 11) is 0. The molecular weight excluding hydrogens is 216 g/mol. The average molecular weight is 232 g/mol. The van der Waals surface area contributed by atoms with Crippen molar-refractivity contribution < 1.29 is 0 Å². The summed E-state index contributed by atoms with van der Waals surface area (Å²) >= 11 is 1.70. The van der Waals surface area contributed by atoms with Gasteiger partial charge in [-0.05, 0) is 32.4 Å². The number of aromatic nitrogens is 1. The first kappa shape index (κ1) is 11.1. The molecule has 0 aliphatic carbocycles. The van der Waals surface area contributed by atoms with Crippen LogP contribution in [0.25, 0.3) is 0 Å². The van der Waals surface area contributed by atoms with Gasteiger partial charge in [0.2, 0.25) is 0 Å². The van der Waals surface area contributed by atoms with Gasteiger partial charge in [0.1, 0.15) is 0 Å². The van der Waals surface area contributed by atoms with Gasteiger partial charge in [-0.15, -0.1) is 11.3 Å². The van der Waals surface area contributed by atoms with E-state index in [0.29, 0.717) is 0 Å². The Morgan fingerprint density at radius 2 is 2.00 bits per heavy atom. The second-order valence-corrected chi connectivity index (χ2v) is 5.03. The minimum absolute atomic E-state index is 0.256. The van der Waals surface area contributed by atoms with Crippen LogP contribution in [0.4, 0.5) is 5.69 Å². The highest BCUT2D eigenvalue weighted by Gasteiger charge is 2.09. The molecule has 1 atom stereocenters. The lowest BCUT2D eigenvalue weighted by atomic mass is 10.1. The first-order valence-corrected chi connectivity index (χ1v) is 6.29. The number of benzene rings is 1. The van der Waals surface area contributed by atoms with E-state index in [9.17, 15) is 0 Å². The van der Waals surface area contributed by atoms with Gasteiger partial charge in [0, 0.05) is 11.1 Å². The Morgan fingerprint density at radius 1 is 1.25 bits per heavy atom. The van der Waals surface area contributed by atoms with Crippen molar-refractivity contribution in [3.8, 4) is 0 Å². The molecule has 0 amide bonds. The van der Waals surface area contributed by atoms with E-state index in [0.717, 1.165) is 10.7 Å². The fraction of sp³-hybridized carbons (Fsp3) is 0.308. The summed E-state index contributed by atoms with van der Waals surface area (Å²) in [5.41, 5.74) is 3.56. The standard InChI is InChI=1S/C13H16N2S/c1-9-6-4-5-7-12(9)14-10(2)13-8-16-11(3)15-13/h4-8,10,14H,1-3H3. The fourth-order valence-corrected chi connectivity index (χ4v) is 2.33. The van der Waals surface area contributed by atoms with Gasteiger partial charge >= 0.3 is 0 Å². The highest BCUT2D eigenvalue weighted by molar-refractivity contribution is 7.09. The van der Waals surface area contributed by atoms with Crippen LogP contribution in [0.5, 0.6) is 0 Å². The molecule has 2 rings (SSSR count). The molecule has 1 aromatic heterocycles. The maximum Gasteiger partial charge on any atom is 0.0898 e. The number of para-hydroxylation sites is 1. The van der Waals surface area contributed by atoms with Crippen LogP contribution in [0.3, 0.4) is 0 Å². The molecule has 0 spiro atoms. The molecule has 1 aromatic carbocycles. The molecule has 0 saturated carbocycles. The van der Waals surface area contributed by atoms with Gasteiger partial charge < -0.3 is 5.32 Å². The summed E-state index contributed by atoms with van der Waals surface area (Å²) in [5.74, 6) is 0. The van der Waals surface area contributed by atoms with Gasteiger partial charge in [0.15, 0.2) is 0 Å². The summed E-state index contributed by atoms with van der Waals surface area (Å²) in [4.78, 5) is 4.49. The van der Waals surface area contributed by atoms with Crippen LogP contribution >= 0.6 is 11.3 Å². The van der Waals surface area contributed by atoms with Gasteiger partial charge in [-0.25, -0.2) is 4.98 Å². The molecule has 2 aromatic rings. The van der Waals surface area contributed by atoms with E-state index in [1.165, 1.54) is 11.3 Å². The topological polar surface area (TPSA) is 24.9 Å². The number of nitrogens with one attached hydrogen (secondary N) is 1. The first-order chi connectivity index (χ1) is 7.66. The van der Waals surface area contributed by atoms with Crippen molar-refractivity contribution in [3.63, 3.8) is 0 Å². The molecule has 16 heavy (non-hydrogen) atoms. The molecule has 2 nitrogen and oxygen atoms in total. The zero-order valence-electron chi connectivity index (χ0n) is 9.82. The molecule has 0 aliphatic heterocycles. The van der Waals surface area contributed by atoms with E-state index >= 15 is 0 Å². The van der Waals surface area contributed by atoms with E-state index in [2.05, 4.69) is 47.7 Å². The molecule has 0 radical (unpaired) electrons. The van der Waals surface area contributed by atoms with E-state index in [-0.39, 0.29) is 6.04 Å². The molecule has 1 N–H and O–H groups in total. The lowest BCUT2D eigenvalue weighted by molar-refractivity contribution is 0.844. The van der Waals surface area contributed by atoms with Crippen LogP contribution in [-0.2, 0) is 0 Å². The first-order valence-electron chi connectivity index (χ1n) is 5.41. The van der Waals surface area contributed by atoms with Gasteiger partial charge in [-0.2, -0.15) is 0 Å². The zero-order valence-corrected chi connectivity index (χ0v) is 10.6. The van der Waals surface area contributed by atoms with Crippen LogP contribution in [0.2, 0.25) is 0 Å². The molecule has 0 fully saturated rings. The number of hydrogen-bond donors (Lipinski definition) is 1. The summed E-state index contributed by atoms with van der Waals surface area (Å²) in [6.45, 7) is 6.29. The molecule has 3 heteroatoms. The lowest BCUT2D eigenvalue weighted by Gasteiger charge is -2.14. The van der Waals surface area contributed by atoms with Crippen molar-refractivity contribution in [2.45, 2.75) is 26.8 Å². The molecule has 1 unspecified atom stereocenters. The van der Waals surface area contributed by atoms with Crippen molar-refractivity contribution >= 4 is 17.0 Å².